The number of halogens is 2. The molecule has 24 heavy (non-hydrogen) atoms. The van der Waals surface area contributed by atoms with Gasteiger partial charge in [-0.2, -0.15) is 5.10 Å². The molecule has 0 aliphatic heterocycles. The van der Waals surface area contributed by atoms with Gasteiger partial charge in [0.1, 0.15) is 5.82 Å². The van der Waals surface area contributed by atoms with Gasteiger partial charge in [0, 0.05) is 23.4 Å². The van der Waals surface area contributed by atoms with E-state index in [1.807, 2.05) is 36.5 Å². The Morgan fingerprint density at radius 3 is 2.67 bits per heavy atom. The number of hydrogen-bond donors (Lipinski definition) is 1. The maximum absolute atomic E-state index is 13.1. The average Bonchev–Trinajstić information content (AvgIpc) is 3.10. The first-order valence-corrected chi connectivity index (χ1v) is 8.25. The van der Waals surface area contributed by atoms with Gasteiger partial charge in [-0.1, -0.05) is 12.1 Å². The lowest BCUT2D eigenvalue weighted by molar-refractivity contribution is 0.0953. The molecule has 1 amide bonds. The predicted molar refractivity (Wildman–Crippen MR) is 93.7 cm³/mol. The molecule has 3 rings (SSSR count). The highest BCUT2D eigenvalue weighted by molar-refractivity contribution is 9.10. The van der Waals surface area contributed by atoms with Gasteiger partial charge in [-0.3, -0.25) is 4.79 Å². The van der Waals surface area contributed by atoms with Crippen LogP contribution < -0.4 is 5.32 Å². The third kappa shape index (κ3) is 3.89. The van der Waals surface area contributed by atoms with Gasteiger partial charge in [0.15, 0.2) is 0 Å². The standard InChI is InChI=1S/C18H15BrFN3O/c19-17-12-14(20)4-7-16(17)18(24)21-10-8-13-2-5-15(6-3-13)23-11-1-9-22-23/h1-7,9,11-12H,8,10H2,(H,21,24). The van der Waals surface area contributed by atoms with Crippen LogP contribution in [0.2, 0.25) is 0 Å². The van der Waals surface area contributed by atoms with Crippen LogP contribution in [0.25, 0.3) is 5.69 Å². The van der Waals surface area contributed by atoms with E-state index >= 15 is 0 Å². The molecule has 0 spiro atoms. The Bertz CT molecular complexity index is 832. The molecule has 0 saturated carbocycles. The monoisotopic (exact) mass is 387 g/mol. The molecule has 4 nitrogen and oxygen atoms in total. The van der Waals surface area contributed by atoms with Crippen molar-refractivity contribution < 1.29 is 9.18 Å². The molecule has 0 aliphatic carbocycles. The van der Waals surface area contributed by atoms with Crippen molar-refractivity contribution >= 4 is 21.8 Å². The van der Waals surface area contributed by atoms with E-state index in [2.05, 4.69) is 26.3 Å². The molecule has 0 bridgehead atoms. The summed E-state index contributed by atoms with van der Waals surface area (Å²) in [6.07, 6.45) is 4.33. The molecule has 2 aromatic carbocycles. The third-order valence-electron chi connectivity index (χ3n) is 3.58. The van der Waals surface area contributed by atoms with Crippen molar-refractivity contribution in [3.8, 4) is 5.69 Å². The Kier molecular flexibility index (Phi) is 5.05. The Hall–Kier alpha value is -2.47. The summed E-state index contributed by atoms with van der Waals surface area (Å²) in [5, 5.41) is 7.02. The largest absolute Gasteiger partial charge is 0.352 e. The van der Waals surface area contributed by atoms with Gasteiger partial charge in [0.25, 0.3) is 5.91 Å². The summed E-state index contributed by atoms with van der Waals surface area (Å²) < 4.78 is 15.3. The van der Waals surface area contributed by atoms with Crippen LogP contribution in [-0.4, -0.2) is 22.2 Å². The van der Waals surface area contributed by atoms with Crippen molar-refractivity contribution in [3.05, 3.63) is 82.3 Å². The summed E-state index contributed by atoms with van der Waals surface area (Å²) >= 11 is 3.20. The number of amides is 1. The number of carbonyl (C=O) groups excluding carboxylic acids is 1. The Morgan fingerprint density at radius 1 is 1.21 bits per heavy atom. The molecular weight excluding hydrogens is 373 g/mol. The van der Waals surface area contributed by atoms with E-state index in [1.165, 1.54) is 18.2 Å². The van der Waals surface area contributed by atoms with Crippen LogP contribution in [0.4, 0.5) is 4.39 Å². The summed E-state index contributed by atoms with van der Waals surface area (Å²) in [4.78, 5) is 12.1. The molecule has 0 saturated heterocycles. The summed E-state index contributed by atoms with van der Waals surface area (Å²) in [5.74, 6) is -0.606. The van der Waals surface area contributed by atoms with Crippen molar-refractivity contribution in [2.45, 2.75) is 6.42 Å². The normalized spacial score (nSPS) is 10.6. The Balaban J connectivity index is 1.55. The summed E-state index contributed by atoms with van der Waals surface area (Å²) in [6, 6.07) is 13.9. The van der Waals surface area contributed by atoms with Gasteiger partial charge in [-0.15, -0.1) is 0 Å². The second kappa shape index (κ2) is 7.40. The summed E-state index contributed by atoms with van der Waals surface area (Å²) in [6.45, 7) is 0.504. The smallest absolute Gasteiger partial charge is 0.252 e. The lowest BCUT2D eigenvalue weighted by atomic mass is 10.1. The second-order valence-electron chi connectivity index (χ2n) is 5.25. The van der Waals surface area contributed by atoms with E-state index in [1.54, 1.807) is 10.9 Å². The van der Waals surface area contributed by atoms with Crippen LogP contribution in [0.15, 0.2) is 65.4 Å². The van der Waals surface area contributed by atoms with E-state index in [0.717, 1.165) is 11.3 Å². The van der Waals surface area contributed by atoms with E-state index in [0.29, 0.717) is 23.0 Å². The van der Waals surface area contributed by atoms with E-state index in [9.17, 15) is 9.18 Å². The minimum atomic E-state index is -0.379. The summed E-state index contributed by atoms with van der Waals surface area (Å²) in [5.41, 5.74) is 2.53. The number of carbonyl (C=O) groups is 1. The molecule has 1 N–H and O–H groups in total. The fraction of sp³-hybridized carbons (Fsp3) is 0.111. The SMILES string of the molecule is O=C(NCCc1ccc(-n2cccn2)cc1)c1ccc(F)cc1Br. The van der Waals surface area contributed by atoms with Crippen LogP contribution in [0.5, 0.6) is 0 Å². The van der Waals surface area contributed by atoms with Gasteiger partial charge in [-0.25, -0.2) is 9.07 Å². The number of hydrogen-bond acceptors (Lipinski definition) is 2. The van der Waals surface area contributed by atoms with Gasteiger partial charge >= 0.3 is 0 Å². The first-order valence-electron chi connectivity index (χ1n) is 7.46. The molecule has 6 heteroatoms. The van der Waals surface area contributed by atoms with Crippen molar-refractivity contribution in [2.75, 3.05) is 6.54 Å². The highest BCUT2D eigenvalue weighted by Crippen LogP contribution is 2.17. The fourth-order valence-electron chi connectivity index (χ4n) is 2.33. The highest BCUT2D eigenvalue weighted by Gasteiger charge is 2.10. The fourth-order valence-corrected chi connectivity index (χ4v) is 2.86. The maximum atomic E-state index is 13.1. The number of nitrogens with zero attached hydrogens (tertiary/aromatic N) is 2. The van der Waals surface area contributed by atoms with Gasteiger partial charge in [0.2, 0.25) is 0 Å². The van der Waals surface area contributed by atoms with Crippen molar-refractivity contribution in [1.82, 2.24) is 15.1 Å². The molecule has 0 atom stereocenters. The minimum absolute atomic E-state index is 0.227. The van der Waals surface area contributed by atoms with Crippen molar-refractivity contribution in [2.24, 2.45) is 0 Å². The van der Waals surface area contributed by atoms with Gasteiger partial charge < -0.3 is 5.32 Å². The summed E-state index contributed by atoms with van der Waals surface area (Å²) in [7, 11) is 0. The number of rotatable bonds is 5. The topological polar surface area (TPSA) is 46.9 Å². The van der Waals surface area contributed by atoms with Crippen LogP contribution in [0, 0.1) is 5.82 Å². The van der Waals surface area contributed by atoms with E-state index in [4.69, 9.17) is 0 Å². The van der Waals surface area contributed by atoms with Gasteiger partial charge in [-0.05, 0) is 64.3 Å². The van der Waals surface area contributed by atoms with Crippen LogP contribution in [0.3, 0.4) is 0 Å². The zero-order chi connectivity index (χ0) is 16.9. The highest BCUT2D eigenvalue weighted by atomic mass is 79.9. The lowest BCUT2D eigenvalue weighted by Gasteiger charge is -2.08. The van der Waals surface area contributed by atoms with E-state index in [-0.39, 0.29) is 11.7 Å². The predicted octanol–water partition coefficient (Wildman–Crippen LogP) is 3.75. The zero-order valence-corrected chi connectivity index (χ0v) is 14.3. The lowest BCUT2D eigenvalue weighted by Crippen LogP contribution is -2.26. The quantitative estimate of drug-likeness (QED) is 0.724. The van der Waals surface area contributed by atoms with Gasteiger partial charge in [0.05, 0.1) is 11.3 Å². The molecule has 0 fully saturated rings. The Morgan fingerprint density at radius 2 is 2.00 bits per heavy atom. The number of nitrogens with one attached hydrogen (secondary N) is 1. The Labute approximate surface area is 147 Å². The van der Waals surface area contributed by atoms with Crippen LogP contribution in [0.1, 0.15) is 15.9 Å². The van der Waals surface area contributed by atoms with Crippen LogP contribution >= 0.6 is 15.9 Å². The first-order chi connectivity index (χ1) is 11.6. The first kappa shape index (κ1) is 16.4. The molecule has 1 heterocycles. The van der Waals surface area contributed by atoms with Crippen LogP contribution in [-0.2, 0) is 6.42 Å². The average molecular weight is 388 g/mol. The third-order valence-corrected chi connectivity index (χ3v) is 4.24. The number of aromatic nitrogens is 2. The molecular formula is C18H15BrFN3O. The van der Waals surface area contributed by atoms with E-state index < -0.39 is 0 Å². The number of benzene rings is 2. The van der Waals surface area contributed by atoms with Crippen molar-refractivity contribution in [1.29, 1.82) is 0 Å². The molecule has 0 unspecified atom stereocenters. The molecule has 0 aliphatic rings. The second-order valence-corrected chi connectivity index (χ2v) is 6.10. The maximum Gasteiger partial charge on any atom is 0.252 e. The molecule has 0 radical (unpaired) electrons. The molecule has 122 valence electrons. The van der Waals surface area contributed by atoms with Crippen molar-refractivity contribution in [3.63, 3.8) is 0 Å². The molecule has 1 aromatic heterocycles. The zero-order valence-electron chi connectivity index (χ0n) is 12.7. The minimum Gasteiger partial charge on any atom is -0.352 e. The molecule has 3 aromatic rings.